The molecule has 0 atom stereocenters. The molecular weight excluding hydrogens is 260 g/mol. The van der Waals surface area contributed by atoms with Crippen LogP contribution in [-0.2, 0) is 19.0 Å². The Balaban J connectivity index is 4.64. The van der Waals surface area contributed by atoms with Crippen molar-refractivity contribution in [1.82, 2.24) is 0 Å². The first-order valence-corrected chi connectivity index (χ1v) is 7.53. The van der Waals surface area contributed by atoms with Gasteiger partial charge in [-0.25, -0.2) is 4.79 Å². The van der Waals surface area contributed by atoms with Crippen molar-refractivity contribution in [3.05, 3.63) is 0 Å². The fraction of sp³-hybridized carbons (Fsp3) is 0.867. The lowest BCUT2D eigenvalue weighted by molar-refractivity contribution is -0.158. The predicted octanol–water partition coefficient (Wildman–Crippen LogP) is 3.70. The van der Waals surface area contributed by atoms with Gasteiger partial charge in [-0.1, -0.05) is 26.7 Å². The molecule has 0 fully saturated rings. The van der Waals surface area contributed by atoms with Gasteiger partial charge in [0.1, 0.15) is 0 Å². The summed E-state index contributed by atoms with van der Waals surface area (Å²) in [6.07, 6.45) is 3.05. The van der Waals surface area contributed by atoms with Crippen molar-refractivity contribution >= 4 is 12.1 Å². The Morgan fingerprint density at radius 2 is 1.35 bits per heavy atom. The number of esters is 1. The van der Waals surface area contributed by atoms with Crippen LogP contribution in [0.1, 0.15) is 59.8 Å². The minimum absolute atomic E-state index is 0.178. The zero-order valence-corrected chi connectivity index (χ0v) is 13.2. The fourth-order valence-corrected chi connectivity index (χ4v) is 2.41. The van der Waals surface area contributed by atoms with Gasteiger partial charge in [-0.3, -0.25) is 4.79 Å². The maximum Gasteiger partial charge on any atom is 0.508 e. The molecule has 0 saturated heterocycles. The Kier molecular flexibility index (Phi) is 9.86. The molecule has 0 bridgehead atoms. The van der Waals surface area contributed by atoms with E-state index in [9.17, 15) is 9.59 Å². The Bertz CT molecular complexity index is 282. The molecule has 5 heteroatoms. The van der Waals surface area contributed by atoms with Crippen LogP contribution in [0.3, 0.4) is 0 Å². The summed E-state index contributed by atoms with van der Waals surface area (Å²) in [6, 6.07) is 0. The number of carbonyl (C=O) groups is 2. The number of hydrogen-bond acceptors (Lipinski definition) is 5. The highest BCUT2D eigenvalue weighted by molar-refractivity contribution is 5.76. The molecule has 0 saturated carbocycles. The Labute approximate surface area is 122 Å². The van der Waals surface area contributed by atoms with Gasteiger partial charge in [0.25, 0.3) is 0 Å². The highest BCUT2D eigenvalue weighted by atomic mass is 16.7. The average Bonchev–Trinajstić information content (AvgIpc) is 2.39. The van der Waals surface area contributed by atoms with Crippen LogP contribution in [0.25, 0.3) is 0 Å². The van der Waals surface area contributed by atoms with E-state index in [-0.39, 0.29) is 19.2 Å². The Morgan fingerprint density at radius 3 is 1.80 bits per heavy atom. The summed E-state index contributed by atoms with van der Waals surface area (Å²) in [7, 11) is 0. The molecule has 0 N–H and O–H groups in total. The van der Waals surface area contributed by atoms with Gasteiger partial charge in [0.05, 0.1) is 25.2 Å². The average molecular weight is 288 g/mol. The summed E-state index contributed by atoms with van der Waals surface area (Å²) >= 11 is 0. The molecule has 0 amide bonds. The molecule has 118 valence electrons. The number of rotatable bonds is 10. The monoisotopic (exact) mass is 288 g/mol. The minimum atomic E-state index is -0.682. The van der Waals surface area contributed by atoms with E-state index in [2.05, 4.69) is 0 Å². The molecule has 0 radical (unpaired) electrons. The topological polar surface area (TPSA) is 61.8 Å². The smallest absolute Gasteiger partial charge is 0.466 e. The van der Waals surface area contributed by atoms with E-state index < -0.39 is 11.6 Å². The zero-order chi connectivity index (χ0) is 15.4. The molecule has 0 heterocycles. The van der Waals surface area contributed by atoms with Crippen LogP contribution in [0.15, 0.2) is 0 Å². The van der Waals surface area contributed by atoms with Crippen LogP contribution in [-0.4, -0.2) is 31.9 Å². The third kappa shape index (κ3) is 6.26. The summed E-state index contributed by atoms with van der Waals surface area (Å²) in [5.41, 5.74) is -0.550. The molecule has 20 heavy (non-hydrogen) atoms. The second-order valence-corrected chi connectivity index (χ2v) is 4.78. The molecule has 0 aromatic heterocycles. The number of hydrogen-bond donors (Lipinski definition) is 0. The molecule has 0 aliphatic rings. The van der Waals surface area contributed by atoms with Crippen molar-refractivity contribution in [2.45, 2.75) is 59.8 Å². The van der Waals surface area contributed by atoms with Crippen molar-refractivity contribution in [2.24, 2.45) is 5.41 Å². The van der Waals surface area contributed by atoms with Gasteiger partial charge in [0.2, 0.25) is 0 Å². The molecule has 0 aromatic carbocycles. The third-order valence-corrected chi connectivity index (χ3v) is 3.23. The van der Waals surface area contributed by atoms with Crippen LogP contribution in [0.4, 0.5) is 4.79 Å². The first-order chi connectivity index (χ1) is 9.56. The van der Waals surface area contributed by atoms with Crippen LogP contribution in [0.5, 0.6) is 0 Å². The number of carbonyl (C=O) groups excluding carboxylic acids is 2. The van der Waals surface area contributed by atoms with Crippen molar-refractivity contribution in [2.75, 3.05) is 19.8 Å². The summed E-state index contributed by atoms with van der Waals surface area (Å²) in [4.78, 5) is 23.4. The lowest BCUT2D eigenvalue weighted by atomic mass is 9.76. The van der Waals surface area contributed by atoms with E-state index in [1.165, 1.54) is 0 Å². The maximum absolute atomic E-state index is 12.3. The molecule has 0 aromatic rings. The van der Waals surface area contributed by atoms with Gasteiger partial charge in [-0.2, -0.15) is 0 Å². The van der Waals surface area contributed by atoms with E-state index in [0.717, 1.165) is 25.7 Å². The first kappa shape index (κ1) is 18.7. The summed E-state index contributed by atoms with van der Waals surface area (Å²) < 4.78 is 14.9. The molecule has 0 rings (SSSR count). The van der Waals surface area contributed by atoms with Crippen molar-refractivity contribution in [1.29, 1.82) is 0 Å². The SMILES string of the molecule is CCCC(CCC)(CCOC(=O)OCC)C(=O)OCC. The minimum Gasteiger partial charge on any atom is -0.466 e. The van der Waals surface area contributed by atoms with Gasteiger partial charge < -0.3 is 14.2 Å². The molecule has 0 spiro atoms. The van der Waals surface area contributed by atoms with E-state index in [4.69, 9.17) is 14.2 Å². The van der Waals surface area contributed by atoms with Crippen LogP contribution in [0.2, 0.25) is 0 Å². The zero-order valence-electron chi connectivity index (χ0n) is 13.2. The highest BCUT2D eigenvalue weighted by Crippen LogP contribution is 2.35. The van der Waals surface area contributed by atoms with E-state index in [1.807, 2.05) is 13.8 Å². The molecule has 0 aliphatic heterocycles. The fourth-order valence-electron chi connectivity index (χ4n) is 2.41. The van der Waals surface area contributed by atoms with E-state index >= 15 is 0 Å². The quantitative estimate of drug-likeness (QED) is 0.574. The second-order valence-electron chi connectivity index (χ2n) is 4.78. The van der Waals surface area contributed by atoms with Crippen molar-refractivity contribution in [3.8, 4) is 0 Å². The number of ether oxygens (including phenoxy) is 3. The van der Waals surface area contributed by atoms with Crippen LogP contribution in [0, 0.1) is 5.41 Å². The van der Waals surface area contributed by atoms with Crippen LogP contribution >= 0.6 is 0 Å². The van der Waals surface area contributed by atoms with Crippen LogP contribution < -0.4 is 0 Å². The largest absolute Gasteiger partial charge is 0.508 e. The summed E-state index contributed by atoms with van der Waals surface area (Å²) in [5, 5.41) is 0. The third-order valence-electron chi connectivity index (χ3n) is 3.23. The molecule has 0 unspecified atom stereocenters. The standard InChI is InChI=1S/C15H28O5/c1-5-9-15(10-6-2,13(16)18-7-3)11-12-20-14(17)19-8-4/h5-12H2,1-4H3. The van der Waals surface area contributed by atoms with E-state index in [0.29, 0.717) is 13.0 Å². The van der Waals surface area contributed by atoms with Gasteiger partial charge in [0.15, 0.2) is 0 Å². The lowest BCUT2D eigenvalue weighted by Gasteiger charge is -2.30. The van der Waals surface area contributed by atoms with Crippen molar-refractivity contribution < 1.29 is 23.8 Å². The maximum atomic E-state index is 12.3. The molecular formula is C15H28O5. The second kappa shape index (κ2) is 10.5. The summed E-state index contributed by atoms with van der Waals surface area (Å²) in [6.45, 7) is 8.43. The van der Waals surface area contributed by atoms with Gasteiger partial charge in [-0.05, 0) is 33.1 Å². The Morgan fingerprint density at radius 1 is 0.800 bits per heavy atom. The van der Waals surface area contributed by atoms with Gasteiger partial charge in [-0.15, -0.1) is 0 Å². The molecule has 5 nitrogen and oxygen atoms in total. The first-order valence-electron chi connectivity index (χ1n) is 7.53. The highest BCUT2D eigenvalue weighted by Gasteiger charge is 2.38. The van der Waals surface area contributed by atoms with Crippen molar-refractivity contribution in [3.63, 3.8) is 0 Å². The summed E-state index contributed by atoms with van der Waals surface area (Å²) in [5.74, 6) is -0.184. The molecule has 0 aliphatic carbocycles. The van der Waals surface area contributed by atoms with Gasteiger partial charge in [0, 0.05) is 0 Å². The van der Waals surface area contributed by atoms with E-state index in [1.54, 1.807) is 13.8 Å². The predicted molar refractivity (Wildman–Crippen MR) is 76.5 cm³/mol. The normalized spacial score (nSPS) is 11.0. The Hall–Kier alpha value is -1.26. The van der Waals surface area contributed by atoms with Gasteiger partial charge >= 0.3 is 12.1 Å². The lowest BCUT2D eigenvalue weighted by Crippen LogP contribution is -2.34.